The normalized spacial score (nSPS) is 14.3. The molecule has 3 N–H and O–H groups in total. The second-order valence-electron chi connectivity index (χ2n) is 14.4. The lowest BCUT2D eigenvalue weighted by Crippen LogP contribution is -2.29. The van der Waals surface area contributed by atoms with Gasteiger partial charge in [-0.25, -0.2) is 4.57 Å². The summed E-state index contributed by atoms with van der Waals surface area (Å²) >= 11 is 0. The Morgan fingerprint density at radius 1 is 0.545 bits per heavy atom. The molecule has 0 rings (SSSR count). The molecule has 0 aliphatic rings. The van der Waals surface area contributed by atoms with Crippen molar-refractivity contribution in [3.63, 3.8) is 0 Å². The molecule has 0 spiro atoms. The number of carbonyl (C=O) groups excluding carboxylic acids is 2. The summed E-state index contributed by atoms with van der Waals surface area (Å²) in [5.74, 6) is -0.961. The number of rotatable bonds is 40. The van der Waals surface area contributed by atoms with Gasteiger partial charge in [0.1, 0.15) is 12.7 Å². The monoisotopic (exact) mass is 799 g/mol. The van der Waals surface area contributed by atoms with Crippen molar-refractivity contribution in [2.24, 2.45) is 0 Å². The van der Waals surface area contributed by atoms with Gasteiger partial charge >= 0.3 is 19.8 Å². The summed E-state index contributed by atoms with van der Waals surface area (Å²) in [5, 5.41) is 18.3. The van der Waals surface area contributed by atoms with E-state index in [-0.39, 0.29) is 19.4 Å². The molecule has 3 atom stereocenters. The number of ether oxygens (including phenoxy) is 2. The van der Waals surface area contributed by atoms with Gasteiger partial charge in [0.05, 0.1) is 19.8 Å². The quantitative estimate of drug-likeness (QED) is 0.0237. The van der Waals surface area contributed by atoms with E-state index in [0.29, 0.717) is 12.8 Å². The van der Waals surface area contributed by atoms with Crippen molar-refractivity contribution >= 4 is 19.8 Å². The zero-order valence-corrected chi connectivity index (χ0v) is 35.5. The van der Waals surface area contributed by atoms with E-state index in [0.717, 1.165) is 77.0 Å². The molecule has 0 saturated heterocycles. The highest BCUT2D eigenvalue weighted by Crippen LogP contribution is 2.43. The van der Waals surface area contributed by atoms with Crippen molar-refractivity contribution < 1.29 is 47.8 Å². The fraction of sp³-hybridized carbons (Fsp3) is 0.773. The maximum atomic E-state index is 12.6. The predicted molar refractivity (Wildman–Crippen MR) is 224 cm³/mol. The van der Waals surface area contributed by atoms with Crippen molar-refractivity contribution in [2.75, 3.05) is 26.4 Å². The molecule has 1 unspecified atom stereocenters. The van der Waals surface area contributed by atoms with Crippen LogP contribution >= 0.6 is 7.82 Å². The van der Waals surface area contributed by atoms with Crippen LogP contribution in [0.5, 0.6) is 0 Å². The van der Waals surface area contributed by atoms with Crippen LogP contribution in [0, 0.1) is 0 Å². The fourth-order valence-corrected chi connectivity index (χ4v) is 6.37. The lowest BCUT2D eigenvalue weighted by atomic mass is 10.1. The Bertz CT molecular complexity index is 1060. The van der Waals surface area contributed by atoms with Crippen molar-refractivity contribution in [2.45, 2.75) is 193 Å². The molecule has 10 nitrogen and oxygen atoms in total. The molecule has 0 bridgehead atoms. The minimum Gasteiger partial charge on any atom is -0.462 e. The summed E-state index contributed by atoms with van der Waals surface area (Å²) in [7, 11) is -4.63. The maximum Gasteiger partial charge on any atom is 0.472 e. The average Bonchev–Trinajstić information content (AvgIpc) is 3.17. The molecule has 0 aromatic carbocycles. The van der Waals surface area contributed by atoms with E-state index in [9.17, 15) is 24.2 Å². The Kier molecular flexibility index (Phi) is 38.6. The Balaban J connectivity index is 4.37. The van der Waals surface area contributed by atoms with Gasteiger partial charge in [-0.2, -0.15) is 0 Å². The van der Waals surface area contributed by atoms with Gasteiger partial charge in [0.25, 0.3) is 0 Å². The minimum absolute atomic E-state index is 0.156. The topological polar surface area (TPSA) is 149 Å². The first-order chi connectivity index (χ1) is 26.7. The highest BCUT2D eigenvalue weighted by atomic mass is 31.2. The van der Waals surface area contributed by atoms with E-state index >= 15 is 0 Å². The van der Waals surface area contributed by atoms with Crippen LogP contribution in [0.25, 0.3) is 0 Å². The maximum absolute atomic E-state index is 12.6. The average molecular weight is 799 g/mol. The summed E-state index contributed by atoms with van der Waals surface area (Å²) in [6.07, 6.45) is 42.1. The standard InChI is InChI=1S/C44H79O10P/c1-3-5-7-9-11-13-15-17-19-20-22-24-26-28-30-32-34-36-44(48)54-42(40-53-55(49,50)52-38-41(46)37-45)39-51-43(47)35-33-31-29-27-25-23-21-18-16-14-12-10-8-6-4-2/h11,13,17-19,21-22,24,41-42,45-46H,3-10,12,14-16,20,23,25-40H2,1-2H3,(H,49,50)/t41-,42+/m0/s1. The summed E-state index contributed by atoms with van der Waals surface area (Å²) in [4.78, 5) is 35.0. The third-order valence-corrected chi connectivity index (χ3v) is 9.91. The zero-order chi connectivity index (χ0) is 40.5. The highest BCUT2D eigenvalue weighted by Gasteiger charge is 2.27. The third kappa shape index (κ3) is 39.9. The second-order valence-corrected chi connectivity index (χ2v) is 15.8. The molecule has 320 valence electrons. The molecule has 0 saturated carbocycles. The van der Waals surface area contributed by atoms with Gasteiger partial charge in [-0.15, -0.1) is 0 Å². The number of hydrogen-bond acceptors (Lipinski definition) is 9. The molecule has 0 aromatic heterocycles. The number of phosphoric acid groups is 1. The molecule has 0 aliphatic carbocycles. The van der Waals surface area contributed by atoms with Crippen LogP contribution in [0.4, 0.5) is 0 Å². The first-order valence-electron chi connectivity index (χ1n) is 21.6. The van der Waals surface area contributed by atoms with Crippen LogP contribution in [-0.2, 0) is 32.7 Å². The van der Waals surface area contributed by atoms with Gasteiger partial charge in [-0.05, 0) is 77.0 Å². The van der Waals surface area contributed by atoms with Gasteiger partial charge in [0.2, 0.25) is 0 Å². The molecular weight excluding hydrogens is 719 g/mol. The van der Waals surface area contributed by atoms with Gasteiger partial charge in [-0.1, -0.05) is 140 Å². The lowest BCUT2D eigenvalue weighted by Gasteiger charge is -2.20. The first kappa shape index (κ1) is 52.9. The van der Waals surface area contributed by atoms with E-state index in [4.69, 9.17) is 19.1 Å². The summed E-state index contributed by atoms with van der Waals surface area (Å²) in [6, 6.07) is 0. The van der Waals surface area contributed by atoms with Gasteiger partial charge in [0, 0.05) is 12.8 Å². The zero-order valence-electron chi connectivity index (χ0n) is 34.6. The molecule has 55 heavy (non-hydrogen) atoms. The Hall–Kier alpha value is -2.07. The van der Waals surface area contributed by atoms with Crippen molar-refractivity contribution in [1.29, 1.82) is 0 Å². The van der Waals surface area contributed by atoms with Crippen molar-refractivity contribution in [1.82, 2.24) is 0 Å². The Labute approximate surface area is 334 Å². The lowest BCUT2D eigenvalue weighted by molar-refractivity contribution is -0.161. The molecule has 0 heterocycles. The number of aliphatic hydroxyl groups excluding tert-OH is 2. The molecular formula is C44H79O10P. The summed E-state index contributed by atoms with van der Waals surface area (Å²) < 4.78 is 32.7. The van der Waals surface area contributed by atoms with E-state index in [2.05, 4.69) is 67.0 Å². The largest absolute Gasteiger partial charge is 0.472 e. The van der Waals surface area contributed by atoms with Gasteiger partial charge in [0.15, 0.2) is 6.10 Å². The summed E-state index contributed by atoms with van der Waals surface area (Å²) in [6.45, 7) is 2.31. The predicted octanol–water partition coefficient (Wildman–Crippen LogP) is 11.3. The smallest absolute Gasteiger partial charge is 0.462 e. The number of unbranched alkanes of at least 4 members (excludes halogenated alkanes) is 18. The number of esters is 2. The molecule has 0 aliphatic heterocycles. The Morgan fingerprint density at radius 3 is 1.47 bits per heavy atom. The first-order valence-corrected chi connectivity index (χ1v) is 23.1. The number of phosphoric ester groups is 1. The molecule has 0 radical (unpaired) electrons. The van der Waals surface area contributed by atoms with E-state index in [1.165, 1.54) is 64.2 Å². The SMILES string of the molecule is CCCCCC=CCC=CCC=CCCCCCCC(=O)O[C@H](COC(=O)CCCCCCCC=CCCCCCCCC)COP(=O)(O)OC[C@@H](O)CO. The van der Waals surface area contributed by atoms with E-state index < -0.39 is 51.8 Å². The van der Waals surface area contributed by atoms with Crippen molar-refractivity contribution in [3.8, 4) is 0 Å². The minimum atomic E-state index is -4.63. The van der Waals surface area contributed by atoms with Crippen LogP contribution in [0.2, 0.25) is 0 Å². The Morgan fingerprint density at radius 2 is 0.945 bits per heavy atom. The molecule has 11 heteroatoms. The molecule has 0 amide bonds. The number of allylic oxidation sites excluding steroid dienone is 8. The fourth-order valence-electron chi connectivity index (χ4n) is 5.58. The van der Waals surface area contributed by atoms with Crippen LogP contribution in [0.15, 0.2) is 48.6 Å². The number of carbonyl (C=O) groups is 2. The van der Waals surface area contributed by atoms with Crippen LogP contribution < -0.4 is 0 Å². The second kappa shape index (κ2) is 40.1. The van der Waals surface area contributed by atoms with Crippen LogP contribution in [0.3, 0.4) is 0 Å². The highest BCUT2D eigenvalue weighted by molar-refractivity contribution is 7.47. The molecule has 0 fully saturated rings. The number of hydrogen-bond donors (Lipinski definition) is 3. The van der Waals surface area contributed by atoms with Gasteiger partial charge < -0.3 is 24.6 Å². The van der Waals surface area contributed by atoms with Crippen LogP contribution in [-0.4, -0.2) is 65.7 Å². The van der Waals surface area contributed by atoms with Crippen molar-refractivity contribution in [3.05, 3.63) is 48.6 Å². The third-order valence-electron chi connectivity index (χ3n) is 8.96. The van der Waals surface area contributed by atoms with Crippen LogP contribution in [0.1, 0.15) is 181 Å². The summed E-state index contributed by atoms with van der Waals surface area (Å²) in [5.41, 5.74) is 0. The van der Waals surface area contributed by atoms with E-state index in [1.54, 1.807) is 0 Å². The van der Waals surface area contributed by atoms with E-state index in [1.807, 2.05) is 0 Å². The van der Waals surface area contributed by atoms with Gasteiger partial charge in [-0.3, -0.25) is 18.6 Å². The number of aliphatic hydroxyl groups is 2. The molecule has 0 aromatic rings.